The molecular weight excluding hydrogens is 380 g/mol. The second-order valence-corrected chi connectivity index (χ2v) is 7.81. The molecule has 2 aromatic heterocycles. The summed E-state index contributed by atoms with van der Waals surface area (Å²) in [5, 5.41) is 11.3. The first-order valence-corrected chi connectivity index (χ1v) is 9.60. The quantitative estimate of drug-likeness (QED) is 0.254. The second kappa shape index (κ2) is 7.06. The lowest BCUT2D eigenvalue weighted by atomic mass is 10.1. The number of hydrogen-bond acceptors (Lipinski definition) is 3. The van der Waals surface area contributed by atoms with Gasteiger partial charge in [-0.2, -0.15) is 0 Å². The van der Waals surface area contributed by atoms with E-state index in [4.69, 9.17) is 22.7 Å². The molecule has 0 spiro atoms. The van der Waals surface area contributed by atoms with E-state index >= 15 is 0 Å². The lowest BCUT2D eigenvalue weighted by molar-refractivity contribution is -0.107. The van der Waals surface area contributed by atoms with Crippen LogP contribution in [0.2, 0.25) is 5.02 Å². The van der Waals surface area contributed by atoms with Crippen LogP contribution in [0.4, 0.5) is 5.00 Å². The highest BCUT2D eigenvalue weighted by molar-refractivity contribution is 7.23. The van der Waals surface area contributed by atoms with Gasteiger partial charge in [0.05, 0.1) is 5.00 Å². The van der Waals surface area contributed by atoms with Crippen molar-refractivity contribution < 1.29 is 4.79 Å². The number of aromatic nitrogens is 1. The Kier molecular flexibility index (Phi) is 4.59. The summed E-state index contributed by atoms with van der Waals surface area (Å²) in [7, 11) is 0. The molecule has 1 amide bonds. The van der Waals surface area contributed by atoms with E-state index in [9.17, 15) is 4.79 Å². The Labute approximate surface area is 164 Å². The topological polar surface area (TPSA) is 86.0 Å². The van der Waals surface area contributed by atoms with E-state index in [0.717, 1.165) is 38.0 Å². The first-order valence-electron chi connectivity index (χ1n) is 8.40. The van der Waals surface area contributed by atoms with Crippen molar-refractivity contribution in [2.75, 3.05) is 11.4 Å². The molecule has 4 N–H and O–H groups in total. The van der Waals surface area contributed by atoms with E-state index in [2.05, 4.69) is 4.98 Å². The van der Waals surface area contributed by atoms with E-state index in [1.54, 1.807) is 22.4 Å². The van der Waals surface area contributed by atoms with Crippen LogP contribution >= 0.6 is 22.9 Å². The summed E-state index contributed by atoms with van der Waals surface area (Å²) in [4.78, 5) is 16.5. The number of nitrogen functional groups attached to an aromatic ring is 1. The molecule has 0 saturated heterocycles. The van der Waals surface area contributed by atoms with Crippen molar-refractivity contribution in [3.05, 3.63) is 64.8 Å². The van der Waals surface area contributed by atoms with Gasteiger partial charge in [-0.05, 0) is 47.7 Å². The number of aromatic amines is 1. The fraction of sp³-hybridized carbons (Fsp3) is 0.100. The van der Waals surface area contributed by atoms with E-state index < -0.39 is 0 Å². The number of anilines is 1. The molecule has 0 aliphatic heterocycles. The number of nitrogens with two attached hydrogens (primary N) is 1. The van der Waals surface area contributed by atoms with Crippen LogP contribution in [0.15, 0.2) is 48.7 Å². The van der Waals surface area contributed by atoms with Gasteiger partial charge < -0.3 is 15.6 Å². The normalized spacial score (nSPS) is 11.1. The molecule has 2 aromatic carbocycles. The molecule has 4 rings (SSSR count). The maximum absolute atomic E-state index is 11.6. The summed E-state index contributed by atoms with van der Waals surface area (Å²) in [6.07, 6.45) is 3.31. The second-order valence-electron chi connectivity index (χ2n) is 6.31. The van der Waals surface area contributed by atoms with Crippen LogP contribution in [0.25, 0.3) is 21.0 Å². The Morgan fingerprint density at radius 3 is 2.89 bits per heavy atom. The van der Waals surface area contributed by atoms with Crippen molar-refractivity contribution in [2.45, 2.75) is 6.42 Å². The maximum Gasteiger partial charge on any atom is 0.214 e. The van der Waals surface area contributed by atoms with Gasteiger partial charge in [-0.1, -0.05) is 23.7 Å². The number of H-pyrrole nitrogens is 1. The van der Waals surface area contributed by atoms with E-state index in [-0.39, 0.29) is 5.84 Å². The number of nitrogens with one attached hydrogen (secondary N) is 2. The number of thiophene rings is 1. The number of fused-ring (bicyclic) bond motifs is 2. The lowest BCUT2D eigenvalue weighted by Gasteiger charge is -2.15. The number of benzene rings is 2. The first-order chi connectivity index (χ1) is 13.0. The van der Waals surface area contributed by atoms with Gasteiger partial charge >= 0.3 is 0 Å². The highest BCUT2D eigenvalue weighted by Gasteiger charge is 2.12. The molecule has 0 bridgehead atoms. The lowest BCUT2D eigenvalue weighted by Crippen LogP contribution is -2.22. The van der Waals surface area contributed by atoms with Gasteiger partial charge in [0.25, 0.3) is 0 Å². The highest BCUT2D eigenvalue weighted by Crippen LogP contribution is 2.33. The van der Waals surface area contributed by atoms with Crippen molar-refractivity contribution in [1.29, 1.82) is 5.41 Å². The number of amides is 1. The van der Waals surface area contributed by atoms with Crippen LogP contribution in [-0.2, 0) is 11.2 Å². The van der Waals surface area contributed by atoms with Crippen LogP contribution < -0.4 is 10.6 Å². The highest BCUT2D eigenvalue weighted by atomic mass is 35.5. The molecule has 7 heteroatoms. The van der Waals surface area contributed by atoms with Crippen molar-refractivity contribution >= 4 is 61.2 Å². The minimum atomic E-state index is 0.0388. The van der Waals surface area contributed by atoms with E-state index in [1.807, 2.05) is 42.5 Å². The predicted octanol–water partition coefficient (Wildman–Crippen LogP) is 4.53. The number of halogens is 1. The zero-order valence-electron chi connectivity index (χ0n) is 14.3. The maximum atomic E-state index is 11.6. The molecule has 0 fully saturated rings. The van der Waals surface area contributed by atoms with Crippen molar-refractivity contribution in [3.63, 3.8) is 0 Å². The molecule has 0 radical (unpaired) electrons. The summed E-state index contributed by atoms with van der Waals surface area (Å²) >= 11 is 7.60. The van der Waals surface area contributed by atoms with Gasteiger partial charge in [-0.3, -0.25) is 10.2 Å². The Balaban J connectivity index is 1.56. The van der Waals surface area contributed by atoms with Gasteiger partial charge in [0.2, 0.25) is 6.41 Å². The standard InChI is InChI=1S/C20H17ClN4OS/c21-14-3-2-13-8-19(27-18(13)9-14)25(11-26)6-5-12-1-4-17-15(7-12)16(10-24-17)20(22)23/h1-4,7-11,24H,5-6H2,(H3,22,23). The summed E-state index contributed by atoms with van der Waals surface area (Å²) < 4.78 is 1.06. The van der Waals surface area contributed by atoms with E-state index in [1.165, 1.54) is 0 Å². The predicted molar refractivity (Wildman–Crippen MR) is 113 cm³/mol. The van der Waals surface area contributed by atoms with Crippen LogP contribution in [0.1, 0.15) is 11.1 Å². The molecule has 0 saturated carbocycles. The first kappa shape index (κ1) is 17.6. The molecular formula is C20H17ClN4OS. The summed E-state index contributed by atoms with van der Waals surface area (Å²) in [5.41, 5.74) is 8.36. The molecule has 136 valence electrons. The smallest absolute Gasteiger partial charge is 0.214 e. The average molecular weight is 397 g/mol. The summed E-state index contributed by atoms with van der Waals surface area (Å²) in [5.74, 6) is 0.0388. The molecule has 4 aromatic rings. The third kappa shape index (κ3) is 3.41. The number of rotatable bonds is 6. The van der Waals surface area contributed by atoms with Gasteiger partial charge in [-0.15, -0.1) is 11.3 Å². The number of carbonyl (C=O) groups is 1. The van der Waals surface area contributed by atoms with E-state index in [0.29, 0.717) is 23.6 Å². The van der Waals surface area contributed by atoms with Crippen molar-refractivity contribution in [3.8, 4) is 0 Å². The van der Waals surface area contributed by atoms with Crippen LogP contribution in [-0.4, -0.2) is 23.8 Å². The zero-order valence-corrected chi connectivity index (χ0v) is 15.9. The number of nitrogens with zero attached hydrogens (tertiary/aromatic N) is 1. The third-order valence-corrected chi connectivity index (χ3v) is 5.93. The van der Waals surface area contributed by atoms with Gasteiger partial charge in [0.1, 0.15) is 5.84 Å². The summed E-state index contributed by atoms with van der Waals surface area (Å²) in [6, 6.07) is 13.8. The van der Waals surface area contributed by atoms with Crippen LogP contribution in [0.5, 0.6) is 0 Å². The Morgan fingerprint density at radius 2 is 2.11 bits per heavy atom. The average Bonchev–Trinajstić information content (AvgIpc) is 3.25. The largest absolute Gasteiger partial charge is 0.384 e. The Bertz CT molecular complexity index is 1160. The molecule has 0 unspecified atom stereocenters. The third-order valence-electron chi connectivity index (χ3n) is 4.56. The molecule has 0 aliphatic carbocycles. The zero-order chi connectivity index (χ0) is 19.0. The fourth-order valence-corrected chi connectivity index (χ4v) is 4.47. The Hall–Kier alpha value is -2.83. The fourth-order valence-electron chi connectivity index (χ4n) is 3.14. The van der Waals surface area contributed by atoms with Crippen molar-refractivity contribution in [2.24, 2.45) is 5.73 Å². The molecule has 0 atom stereocenters. The minimum Gasteiger partial charge on any atom is -0.384 e. The van der Waals surface area contributed by atoms with Gasteiger partial charge in [0, 0.05) is 38.9 Å². The minimum absolute atomic E-state index is 0.0388. The molecule has 27 heavy (non-hydrogen) atoms. The van der Waals surface area contributed by atoms with Gasteiger partial charge in [0.15, 0.2) is 0 Å². The van der Waals surface area contributed by atoms with Crippen LogP contribution in [0, 0.1) is 5.41 Å². The monoisotopic (exact) mass is 396 g/mol. The van der Waals surface area contributed by atoms with Crippen LogP contribution in [0.3, 0.4) is 0 Å². The van der Waals surface area contributed by atoms with Crippen molar-refractivity contribution in [1.82, 2.24) is 4.98 Å². The molecule has 5 nitrogen and oxygen atoms in total. The Morgan fingerprint density at radius 1 is 1.26 bits per heavy atom. The number of hydrogen-bond donors (Lipinski definition) is 3. The molecule has 2 heterocycles. The molecule has 0 aliphatic rings. The summed E-state index contributed by atoms with van der Waals surface area (Å²) in [6.45, 7) is 0.565. The SMILES string of the molecule is N=C(N)c1c[nH]c2ccc(CCN(C=O)c3cc4ccc(Cl)cc4s3)cc12. The van der Waals surface area contributed by atoms with Gasteiger partial charge in [-0.25, -0.2) is 0 Å². The number of amidine groups is 1. The number of carbonyl (C=O) groups excluding carboxylic acids is 1.